The maximum absolute atomic E-state index is 13.0. The van der Waals surface area contributed by atoms with E-state index in [1.807, 2.05) is 27.7 Å². The maximum atomic E-state index is 13.0. The first-order chi connectivity index (χ1) is 17.1. The smallest absolute Gasteiger partial charge is 0.314 e. The van der Waals surface area contributed by atoms with Gasteiger partial charge in [0, 0.05) is 25.7 Å². The zero-order valence-electron chi connectivity index (χ0n) is 22.5. The molecule has 6 aliphatic heterocycles. The van der Waals surface area contributed by atoms with Gasteiger partial charge in [0.1, 0.15) is 18.8 Å². The molecular formula is C27H36O10. The van der Waals surface area contributed by atoms with Crippen LogP contribution < -0.4 is 0 Å². The van der Waals surface area contributed by atoms with Crippen molar-refractivity contribution in [3.8, 4) is 0 Å². The van der Waals surface area contributed by atoms with E-state index in [9.17, 15) is 14.4 Å². The van der Waals surface area contributed by atoms with Gasteiger partial charge in [0.15, 0.2) is 0 Å². The monoisotopic (exact) mass is 520 g/mol. The molecule has 12 atom stereocenters. The minimum atomic E-state index is -1.48. The molecule has 0 aromatic carbocycles. The van der Waals surface area contributed by atoms with Gasteiger partial charge in [0.25, 0.3) is 5.97 Å². The Morgan fingerprint density at radius 2 is 1.76 bits per heavy atom. The second kappa shape index (κ2) is 6.69. The Kier molecular flexibility index (Phi) is 4.39. The lowest BCUT2D eigenvalue weighted by Gasteiger charge is -2.60. The van der Waals surface area contributed by atoms with Crippen molar-refractivity contribution in [1.29, 1.82) is 0 Å². The molecule has 10 heteroatoms. The molecule has 1 aliphatic carbocycles. The first kappa shape index (κ1) is 24.3. The maximum Gasteiger partial charge on any atom is 0.314 e. The van der Waals surface area contributed by atoms with Crippen molar-refractivity contribution in [3.63, 3.8) is 0 Å². The lowest BCUT2D eigenvalue weighted by Crippen LogP contribution is -2.70. The zero-order chi connectivity index (χ0) is 26.6. The van der Waals surface area contributed by atoms with Gasteiger partial charge < -0.3 is 28.4 Å². The number of cyclic esters (lactones) is 1. The van der Waals surface area contributed by atoms with Crippen molar-refractivity contribution >= 4 is 17.9 Å². The fraction of sp³-hybridized carbons (Fsp3) is 0.889. The van der Waals surface area contributed by atoms with Crippen LogP contribution in [-0.4, -0.2) is 65.8 Å². The summed E-state index contributed by atoms with van der Waals surface area (Å²) < 4.78 is 44.5. The minimum Gasteiger partial charge on any atom is -0.465 e. The highest BCUT2D eigenvalue weighted by Gasteiger charge is 2.88. The van der Waals surface area contributed by atoms with E-state index in [1.54, 1.807) is 6.92 Å². The molecule has 7 aliphatic rings. The van der Waals surface area contributed by atoms with Gasteiger partial charge in [0.05, 0.1) is 40.5 Å². The third-order valence-corrected chi connectivity index (χ3v) is 11.4. The van der Waals surface area contributed by atoms with E-state index in [1.165, 1.54) is 6.92 Å². The predicted molar refractivity (Wildman–Crippen MR) is 122 cm³/mol. The van der Waals surface area contributed by atoms with Gasteiger partial charge in [-0.05, 0) is 32.6 Å². The number of carbonyl (C=O) groups is 3. The Morgan fingerprint density at radius 1 is 1.03 bits per heavy atom. The highest BCUT2D eigenvalue weighted by molar-refractivity contribution is 5.77. The summed E-state index contributed by atoms with van der Waals surface area (Å²) in [6.45, 7) is 13.4. The number of hydrogen-bond donors (Lipinski definition) is 0. The Labute approximate surface area is 215 Å². The molecule has 0 aromatic heterocycles. The zero-order valence-corrected chi connectivity index (χ0v) is 22.5. The van der Waals surface area contributed by atoms with Crippen LogP contribution in [0.5, 0.6) is 0 Å². The molecular weight excluding hydrogens is 484 g/mol. The fourth-order valence-corrected chi connectivity index (χ4v) is 9.58. The van der Waals surface area contributed by atoms with Crippen LogP contribution >= 0.6 is 0 Å². The molecule has 7 rings (SSSR count). The average molecular weight is 521 g/mol. The van der Waals surface area contributed by atoms with Gasteiger partial charge in [0.2, 0.25) is 5.79 Å². The van der Waals surface area contributed by atoms with Gasteiger partial charge in [-0.25, -0.2) is 0 Å². The van der Waals surface area contributed by atoms with E-state index in [4.69, 9.17) is 33.2 Å². The quantitative estimate of drug-likeness (QED) is 0.377. The third kappa shape index (κ3) is 2.50. The number of ether oxygens (including phenoxy) is 7. The van der Waals surface area contributed by atoms with Crippen LogP contribution in [0.2, 0.25) is 0 Å². The first-order valence-corrected chi connectivity index (χ1v) is 13.5. The van der Waals surface area contributed by atoms with Crippen molar-refractivity contribution in [2.24, 2.45) is 34.5 Å². The van der Waals surface area contributed by atoms with Crippen molar-refractivity contribution in [2.45, 2.75) is 109 Å². The van der Waals surface area contributed by atoms with Crippen molar-refractivity contribution in [2.75, 3.05) is 6.61 Å². The first-order valence-electron chi connectivity index (χ1n) is 13.5. The van der Waals surface area contributed by atoms with E-state index in [0.29, 0.717) is 12.8 Å². The molecule has 0 amide bonds. The van der Waals surface area contributed by atoms with Crippen molar-refractivity contribution in [1.82, 2.24) is 0 Å². The Bertz CT molecular complexity index is 1120. The van der Waals surface area contributed by atoms with E-state index >= 15 is 0 Å². The van der Waals surface area contributed by atoms with E-state index in [-0.39, 0.29) is 48.7 Å². The Morgan fingerprint density at radius 3 is 2.46 bits per heavy atom. The van der Waals surface area contributed by atoms with Crippen LogP contribution in [0.15, 0.2) is 0 Å². The van der Waals surface area contributed by atoms with Gasteiger partial charge in [-0.1, -0.05) is 20.8 Å². The topological polar surface area (TPSA) is 116 Å². The normalized spacial score (nSPS) is 58.4. The molecule has 204 valence electrons. The number of rotatable bonds is 1. The molecule has 10 nitrogen and oxygen atoms in total. The molecule has 7 fully saturated rings. The third-order valence-electron chi connectivity index (χ3n) is 11.4. The van der Waals surface area contributed by atoms with Crippen molar-refractivity contribution in [3.05, 3.63) is 0 Å². The summed E-state index contributed by atoms with van der Waals surface area (Å²) in [5, 5.41) is 0. The number of carbonyl (C=O) groups excluding carboxylic acids is 3. The average Bonchev–Trinajstić information content (AvgIpc) is 3.37. The highest BCUT2D eigenvalue weighted by Crippen LogP contribution is 2.77. The van der Waals surface area contributed by atoms with Crippen LogP contribution in [0.3, 0.4) is 0 Å². The van der Waals surface area contributed by atoms with Crippen LogP contribution in [0.25, 0.3) is 0 Å². The molecule has 0 radical (unpaired) electrons. The summed E-state index contributed by atoms with van der Waals surface area (Å²) >= 11 is 0. The van der Waals surface area contributed by atoms with E-state index < -0.39 is 58.0 Å². The van der Waals surface area contributed by atoms with Crippen LogP contribution in [0, 0.1) is 34.5 Å². The minimum absolute atomic E-state index is 0.113. The predicted octanol–water partition coefficient (Wildman–Crippen LogP) is 2.46. The number of hydrogen-bond acceptors (Lipinski definition) is 10. The molecule has 2 bridgehead atoms. The van der Waals surface area contributed by atoms with Crippen LogP contribution in [0.1, 0.15) is 67.7 Å². The van der Waals surface area contributed by atoms with Crippen LogP contribution in [-0.2, 0) is 47.5 Å². The molecule has 6 heterocycles. The summed E-state index contributed by atoms with van der Waals surface area (Å²) in [6, 6.07) is 0. The number of esters is 3. The van der Waals surface area contributed by atoms with Crippen molar-refractivity contribution < 1.29 is 47.5 Å². The van der Waals surface area contributed by atoms with Gasteiger partial charge in [-0.2, -0.15) is 0 Å². The second-order valence-electron chi connectivity index (χ2n) is 13.4. The molecule has 0 unspecified atom stereocenters. The van der Waals surface area contributed by atoms with E-state index in [0.717, 1.165) is 0 Å². The SMILES string of the molecule is CC(=O)O[C@H]1C[C@H]2C(C)(C)O[C@H]3CC(=O)OC[C@]32[C@]2(C[C@]3(C)[C@@H](C)[C@H]4C(=O)O[C@@]5(C)O[C@@]3(O[C@@H]45)O2)[C@H]1C. The Balaban J connectivity index is 1.44. The molecule has 37 heavy (non-hydrogen) atoms. The summed E-state index contributed by atoms with van der Waals surface area (Å²) in [6.07, 6.45) is -0.375. The molecule has 1 saturated carbocycles. The Hall–Kier alpha value is -1.75. The van der Waals surface area contributed by atoms with Crippen LogP contribution in [0.4, 0.5) is 0 Å². The lowest BCUT2D eigenvalue weighted by molar-refractivity contribution is -0.436. The summed E-state index contributed by atoms with van der Waals surface area (Å²) in [5.41, 5.74) is -3.10. The van der Waals surface area contributed by atoms with Gasteiger partial charge in [-0.3, -0.25) is 19.1 Å². The highest BCUT2D eigenvalue weighted by atomic mass is 17.0. The summed E-state index contributed by atoms with van der Waals surface area (Å²) in [5.74, 6) is -4.84. The van der Waals surface area contributed by atoms with Gasteiger partial charge in [-0.15, -0.1) is 0 Å². The lowest BCUT2D eigenvalue weighted by atomic mass is 9.46. The summed E-state index contributed by atoms with van der Waals surface area (Å²) in [7, 11) is 0. The fourth-order valence-electron chi connectivity index (χ4n) is 9.58. The van der Waals surface area contributed by atoms with E-state index in [2.05, 4.69) is 6.92 Å². The molecule has 3 spiro atoms. The largest absolute Gasteiger partial charge is 0.465 e. The van der Waals surface area contributed by atoms with Gasteiger partial charge >= 0.3 is 17.9 Å². The standard InChI is InChI=1S/C27H36O10/c1-12-15(32-14(3)28)8-16-22(4,5)33-17-9-18(29)31-11-25(16,17)26(12)10-23(6)13(2)19-20-24(7,35-21(19)30)36-27(23,34-20)37-26/h12-13,15-17,19-20H,8-11H2,1-7H3/t12-,13-,15-,16-,17-,19+,20-,23+,24-,25+,26-,27+/m0/s1. The second-order valence-corrected chi connectivity index (χ2v) is 13.4. The summed E-state index contributed by atoms with van der Waals surface area (Å²) in [4.78, 5) is 37.7. The molecule has 0 N–H and O–H groups in total. The molecule has 0 aromatic rings. The molecule has 6 saturated heterocycles.